The molecule has 2 aliphatic rings. The second-order valence-electron chi connectivity index (χ2n) is 7.45. The quantitative estimate of drug-likeness (QED) is 0.797. The second kappa shape index (κ2) is 8.71. The van der Waals surface area contributed by atoms with Gasteiger partial charge < -0.3 is 14.4 Å². The molecule has 4 rings (SSSR count). The number of pyridine rings is 1. The summed E-state index contributed by atoms with van der Waals surface area (Å²) in [4.78, 5) is 21.3. The highest BCUT2D eigenvalue weighted by Gasteiger charge is 2.38. The molecule has 1 aromatic carbocycles. The van der Waals surface area contributed by atoms with Gasteiger partial charge >= 0.3 is 0 Å². The summed E-state index contributed by atoms with van der Waals surface area (Å²) >= 11 is 0. The number of rotatable bonds is 5. The van der Waals surface area contributed by atoms with Gasteiger partial charge in [0.15, 0.2) is 0 Å². The Hall–Kier alpha value is -2.44. The minimum Gasteiger partial charge on any atom is -0.481 e. The van der Waals surface area contributed by atoms with Crippen LogP contribution in [-0.4, -0.2) is 59.6 Å². The van der Waals surface area contributed by atoms with Gasteiger partial charge in [0.2, 0.25) is 11.8 Å². The molecule has 2 atom stereocenters. The minimum absolute atomic E-state index is 0.0903. The van der Waals surface area contributed by atoms with Crippen LogP contribution >= 0.6 is 0 Å². The smallest absolute Gasteiger partial charge is 0.249 e. The molecule has 0 N–H and O–H groups in total. The first-order chi connectivity index (χ1) is 13.7. The van der Waals surface area contributed by atoms with Crippen molar-refractivity contribution < 1.29 is 14.3 Å². The molecular weight excluding hydrogens is 354 g/mol. The highest BCUT2D eigenvalue weighted by atomic mass is 16.5. The van der Waals surface area contributed by atoms with Gasteiger partial charge in [-0.25, -0.2) is 4.98 Å². The van der Waals surface area contributed by atoms with E-state index < -0.39 is 0 Å². The summed E-state index contributed by atoms with van der Waals surface area (Å²) in [5.74, 6) is 0.772. The van der Waals surface area contributed by atoms with E-state index in [-0.39, 0.29) is 24.7 Å². The highest BCUT2D eigenvalue weighted by molar-refractivity contribution is 5.78. The van der Waals surface area contributed by atoms with Crippen molar-refractivity contribution in [1.29, 1.82) is 0 Å². The van der Waals surface area contributed by atoms with E-state index in [0.717, 1.165) is 43.6 Å². The Balaban J connectivity index is 1.45. The lowest BCUT2D eigenvalue weighted by molar-refractivity contribution is -0.158. The van der Waals surface area contributed by atoms with Gasteiger partial charge in [0.05, 0.1) is 19.3 Å². The zero-order chi connectivity index (χ0) is 19.3. The number of ether oxygens (including phenoxy) is 2. The predicted molar refractivity (Wildman–Crippen MR) is 106 cm³/mol. The molecule has 2 fully saturated rings. The number of nitrogens with zero attached hydrogens (tertiary/aromatic N) is 3. The molecule has 0 radical (unpaired) electrons. The molecule has 2 aliphatic heterocycles. The Kier molecular flexibility index (Phi) is 5.88. The molecule has 0 bridgehead atoms. The SMILES string of the molecule is COc1ncccc1CN1CC[C@@H]2OCC(=O)N(Cc3ccccc3)[C@H]2CC1. The van der Waals surface area contributed by atoms with Crippen molar-refractivity contribution in [2.45, 2.75) is 38.1 Å². The monoisotopic (exact) mass is 381 g/mol. The fourth-order valence-corrected chi connectivity index (χ4v) is 4.22. The van der Waals surface area contributed by atoms with Gasteiger partial charge in [-0.05, 0) is 24.5 Å². The van der Waals surface area contributed by atoms with Crippen molar-refractivity contribution in [2.24, 2.45) is 0 Å². The van der Waals surface area contributed by atoms with Crippen molar-refractivity contribution in [3.8, 4) is 5.88 Å². The number of hydrogen-bond donors (Lipinski definition) is 0. The van der Waals surface area contributed by atoms with Gasteiger partial charge in [0.1, 0.15) is 6.61 Å². The van der Waals surface area contributed by atoms with Gasteiger partial charge in [0.25, 0.3) is 0 Å². The van der Waals surface area contributed by atoms with E-state index >= 15 is 0 Å². The van der Waals surface area contributed by atoms with Gasteiger partial charge in [0, 0.05) is 37.9 Å². The Morgan fingerprint density at radius 2 is 1.93 bits per heavy atom. The van der Waals surface area contributed by atoms with Crippen molar-refractivity contribution in [3.63, 3.8) is 0 Å². The molecule has 0 aliphatic carbocycles. The average molecular weight is 381 g/mol. The summed E-state index contributed by atoms with van der Waals surface area (Å²) in [7, 11) is 1.66. The lowest BCUT2D eigenvalue weighted by Crippen LogP contribution is -2.53. The van der Waals surface area contributed by atoms with E-state index in [1.807, 2.05) is 29.2 Å². The van der Waals surface area contributed by atoms with Gasteiger partial charge in [-0.2, -0.15) is 0 Å². The fraction of sp³-hybridized carbons (Fsp3) is 0.455. The van der Waals surface area contributed by atoms with Gasteiger partial charge in [-0.3, -0.25) is 9.69 Å². The zero-order valence-corrected chi connectivity index (χ0v) is 16.3. The molecule has 28 heavy (non-hydrogen) atoms. The molecule has 0 unspecified atom stereocenters. The number of carbonyl (C=O) groups excluding carboxylic acids is 1. The van der Waals surface area contributed by atoms with Crippen LogP contribution in [0.25, 0.3) is 0 Å². The van der Waals surface area contributed by atoms with Crippen molar-refractivity contribution in [1.82, 2.24) is 14.8 Å². The van der Waals surface area contributed by atoms with Crippen molar-refractivity contribution >= 4 is 5.91 Å². The van der Waals surface area contributed by atoms with Crippen LogP contribution in [0.1, 0.15) is 24.0 Å². The van der Waals surface area contributed by atoms with E-state index in [0.29, 0.717) is 12.4 Å². The van der Waals surface area contributed by atoms with Crippen LogP contribution in [0.15, 0.2) is 48.7 Å². The number of carbonyl (C=O) groups is 1. The van der Waals surface area contributed by atoms with E-state index in [2.05, 4.69) is 28.1 Å². The first kappa shape index (κ1) is 18.9. The lowest BCUT2D eigenvalue weighted by Gasteiger charge is -2.40. The highest BCUT2D eigenvalue weighted by Crippen LogP contribution is 2.27. The summed E-state index contributed by atoms with van der Waals surface area (Å²) in [6, 6.07) is 14.3. The Morgan fingerprint density at radius 3 is 2.75 bits per heavy atom. The normalized spacial score (nSPS) is 23.2. The molecular formula is C22H27N3O3. The van der Waals surface area contributed by atoms with Crippen LogP contribution in [-0.2, 0) is 22.6 Å². The summed E-state index contributed by atoms with van der Waals surface area (Å²) in [5, 5.41) is 0. The molecule has 0 spiro atoms. The van der Waals surface area contributed by atoms with Crippen LogP contribution in [0, 0.1) is 0 Å². The van der Waals surface area contributed by atoms with Crippen molar-refractivity contribution in [2.75, 3.05) is 26.8 Å². The zero-order valence-electron chi connectivity index (χ0n) is 16.3. The van der Waals surface area contributed by atoms with Gasteiger partial charge in [-0.15, -0.1) is 0 Å². The van der Waals surface area contributed by atoms with Gasteiger partial charge in [-0.1, -0.05) is 36.4 Å². The maximum atomic E-state index is 12.6. The fourth-order valence-electron chi connectivity index (χ4n) is 4.22. The number of morpholine rings is 1. The molecule has 2 saturated heterocycles. The topological polar surface area (TPSA) is 54.9 Å². The van der Waals surface area contributed by atoms with Crippen LogP contribution in [0.5, 0.6) is 5.88 Å². The number of methoxy groups -OCH3 is 1. The summed E-state index contributed by atoms with van der Waals surface area (Å²) in [5.41, 5.74) is 2.26. The van der Waals surface area contributed by atoms with E-state index in [1.165, 1.54) is 0 Å². The Morgan fingerprint density at radius 1 is 1.11 bits per heavy atom. The Labute approximate surface area is 166 Å². The largest absolute Gasteiger partial charge is 0.481 e. The van der Waals surface area contributed by atoms with E-state index in [9.17, 15) is 4.79 Å². The van der Waals surface area contributed by atoms with Crippen LogP contribution in [0.3, 0.4) is 0 Å². The molecule has 6 heteroatoms. The molecule has 3 heterocycles. The average Bonchev–Trinajstić information content (AvgIpc) is 2.94. The second-order valence-corrected chi connectivity index (χ2v) is 7.45. The molecule has 6 nitrogen and oxygen atoms in total. The van der Waals surface area contributed by atoms with Crippen LogP contribution in [0.4, 0.5) is 0 Å². The first-order valence-corrected chi connectivity index (χ1v) is 9.90. The van der Waals surface area contributed by atoms with Crippen LogP contribution in [0.2, 0.25) is 0 Å². The summed E-state index contributed by atoms with van der Waals surface area (Å²) in [6.07, 6.45) is 3.68. The minimum atomic E-state index is 0.0903. The molecule has 1 aromatic heterocycles. The predicted octanol–water partition coefficient (Wildman–Crippen LogP) is 2.48. The number of benzene rings is 1. The maximum Gasteiger partial charge on any atom is 0.249 e. The molecule has 1 amide bonds. The van der Waals surface area contributed by atoms with E-state index in [1.54, 1.807) is 13.3 Å². The first-order valence-electron chi connectivity index (χ1n) is 9.90. The number of hydrogen-bond acceptors (Lipinski definition) is 5. The van der Waals surface area contributed by atoms with Crippen molar-refractivity contribution in [3.05, 3.63) is 59.8 Å². The summed E-state index contributed by atoms with van der Waals surface area (Å²) in [6.45, 7) is 3.49. The Bertz CT molecular complexity index is 799. The third kappa shape index (κ3) is 4.18. The lowest BCUT2D eigenvalue weighted by atomic mass is 10.0. The standard InChI is InChI=1S/C22H27N3O3/c1-27-22-18(8-5-11-23-22)15-24-12-9-19-20(10-13-24)28-16-21(26)25(19)14-17-6-3-2-4-7-17/h2-8,11,19-20H,9-10,12-16H2,1H3/t19-,20-/m0/s1. The molecule has 148 valence electrons. The number of aromatic nitrogens is 1. The molecule has 2 aromatic rings. The number of fused-ring (bicyclic) bond motifs is 1. The number of amides is 1. The molecule has 0 saturated carbocycles. The maximum absolute atomic E-state index is 12.6. The third-order valence-electron chi connectivity index (χ3n) is 5.67. The third-order valence-corrected chi connectivity index (χ3v) is 5.67. The van der Waals surface area contributed by atoms with E-state index in [4.69, 9.17) is 9.47 Å². The van der Waals surface area contributed by atoms with Crippen LogP contribution < -0.4 is 4.74 Å². The summed E-state index contributed by atoms with van der Waals surface area (Å²) < 4.78 is 11.3. The number of likely N-dealkylation sites (tertiary alicyclic amines) is 1.